The van der Waals surface area contributed by atoms with Gasteiger partial charge in [0, 0.05) is 6.54 Å². The lowest BCUT2D eigenvalue weighted by Gasteiger charge is -2.11. The van der Waals surface area contributed by atoms with E-state index in [4.69, 9.17) is 10.5 Å². The summed E-state index contributed by atoms with van der Waals surface area (Å²) >= 11 is 0. The molecule has 0 radical (unpaired) electrons. The fraction of sp³-hybridized carbons (Fsp3) is 0.462. The zero-order valence-corrected chi connectivity index (χ0v) is 11.6. The van der Waals surface area contributed by atoms with Gasteiger partial charge in [-0.25, -0.2) is 0 Å². The van der Waals surface area contributed by atoms with Crippen molar-refractivity contribution in [1.29, 1.82) is 0 Å². The minimum atomic E-state index is -0.411. The van der Waals surface area contributed by atoms with Crippen molar-refractivity contribution < 1.29 is 9.53 Å². The highest BCUT2D eigenvalue weighted by atomic mass is 35.5. The van der Waals surface area contributed by atoms with Crippen LogP contribution in [-0.2, 0) is 11.3 Å². The molecule has 102 valence electrons. The lowest BCUT2D eigenvalue weighted by Crippen LogP contribution is -2.40. The first-order valence-electron chi connectivity index (χ1n) is 5.83. The quantitative estimate of drug-likeness (QED) is 0.831. The fourth-order valence-corrected chi connectivity index (χ4v) is 1.54. The number of carbonyl (C=O) groups is 1. The molecule has 18 heavy (non-hydrogen) atoms. The molecule has 1 aromatic carbocycles. The number of nitrogens with one attached hydrogen (secondary N) is 1. The zero-order valence-electron chi connectivity index (χ0n) is 10.8. The number of hydrogen-bond acceptors (Lipinski definition) is 3. The third-order valence-electron chi connectivity index (χ3n) is 2.54. The Bertz CT molecular complexity index is 372. The monoisotopic (exact) mass is 272 g/mol. The highest BCUT2D eigenvalue weighted by molar-refractivity contribution is 5.85. The lowest BCUT2D eigenvalue weighted by molar-refractivity contribution is -0.122. The van der Waals surface area contributed by atoms with Crippen LogP contribution in [0.3, 0.4) is 0 Å². The summed E-state index contributed by atoms with van der Waals surface area (Å²) in [6, 6.07) is 7.19. The van der Waals surface area contributed by atoms with Crippen LogP contribution in [0.1, 0.15) is 25.3 Å². The van der Waals surface area contributed by atoms with Gasteiger partial charge in [-0.05, 0) is 24.1 Å². The van der Waals surface area contributed by atoms with Crippen molar-refractivity contribution in [3.05, 3.63) is 29.8 Å². The molecule has 0 aliphatic heterocycles. The molecule has 1 aromatic rings. The number of carbonyl (C=O) groups excluding carboxylic acids is 1. The van der Waals surface area contributed by atoms with Gasteiger partial charge in [0.15, 0.2) is 0 Å². The molecule has 0 spiro atoms. The Morgan fingerprint density at radius 1 is 1.50 bits per heavy atom. The molecular formula is C13H21ClN2O2. The van der Waals surface area contributed by atoms with E-state index in [0.717, 1.165) is 17.7 Å². The number of benzene rings is 1. The van der Waals surface area contributed by atoms with Crippen LogP contribution < -0.4 is 15.8 Å². The van der Waals surface area contributed by atoms with E-state index in [1.54, 1.807) is 7.11 Å². The molecule has 4 nitrogen and oxygen atoms in total. The van der Waals surface area contributed by atoms with E-state index in [2.05, 4.69) is 5.32 Å². The van der Waals surface area contributed by atoms with E-state index >= 15 is 0 Å². The number of hydrogen-bond donors (Lipinski definition) is 2. The number of rotatable bonds is 6. The van der Waals surface area contributed by atoms with Crippen molar-refractivity contribution in [3.63, 3.8) is 0 Å². The van der Waals surface area contributed by atoms with E-state index in [9.17, 15) is 4.79 Å². The average Bonchev–Trinajstić information content (AvgIpc) is 2.36. The van der Waals surface area contributed by atoms with E-state index < -0.39 is 6.04 Å². The minimum Gasteiger partial charge on any atom is -0.497 e. The number of nitrogens with two attached hydrogens (primary N) is 1. The number of methoxy groups -OCH3 is 1. The van der Waals surface area contributed by atoms with Gasteiger partial charge in [0.05, 0.1) is 13.2 Å². The summed E-state index contributed by atoms with van der Waals surface area (Å²) in [5.41, 5.74) is 6.71. The third kappa shape index (κ3) is 5.38. The molecule has 1 amide bonds. The maximum atomic E-state index is 11.6. The van der Waals surface area contributed by atoms with Crippen LogP contribution in [0.15, 0.2) is 24.3 Å². The molecule has 0 fully saturated rings. The van der Waals surface area contributed by atoms with Crippen molar-refractivity contribution in [2.24, 2.45) is 5.73 Å². The first kappa shape index (κ1) is 16.7. The van der Waals surface area contributed by atoms with Gasteiger partial charge in [-0.3, -0.25) is 4.79 Å². The molecule has 0 aliphatic rings. The maximum Gasteiger partial charge on any atom is 0.237 e. The van der Waals surface area contributed by atoms with Crippen LogP contribution >= 0.6 is 12.4 Å². The summed E-state index contributed by atoms with van der Waals surface area (Å²) in [6.07, 6.45) is 1.62. The maximum absolute atomic E-state index is 11.6. The van der Waals surface area contributed by atoms with Crippen LogP contribution in [0, 0.1) is 0 Å². The van der Waals surface area contributed by atoms with E-state index in [1.165, 1.54) is 0 Å². The predicted molar refractivity (Wildman–Crippen MR) is 75.0 cm³/mol. The Kier molecular flexibility index (Phi) is 8.16. The average molecular weight is 273 g/mol. The molecule has 1 atom stereocenters. The molecule has 0 bridgehead atoms. The van der Waals surface area contributed by atoms with E-state index in [1.807, 2.05) is 31.2 Å². The Hall–Kier alpha value is -1.26. The summed E-state index contributed by atoms with van der Waals surface area (Å²) < 4.78 is 5.11. The Labute approximate surface area is 114 Å². The molecule has 0 saturated heterocycles. The predicted octanol–water partition coefficient (Wildman–Crippen LogP) is 1.86. The van der Waals surface area contributed by atoms with Crippen molar-refractivity contribution >= 4 is 18.3 Å². The second kappa shape index (κ2) is 8.78. The van der Waals surface area contributed by atoms with Crippen LogP contribution in [0.25, 0.3) is 0 Å². The van der Waals surface area contributed by atoms with Crippen molar-refractivity contribution in [1.82, 2.24) is 5.32 Å². The first-order valence-corrected chi connectivity index (χ1v) is 5.83. The van der Waals surface area contributed by atoms with Crippen molar-refractivity contribution in [2.75, 3.05) is 7.11 Å². The zero-order chi connectivity index (χ0) is 12.7. The van der Waals surface area contributed by atoms with Crippen LogP contribution in [0.4, 0.5) is 0 Å². The Morgan fingerprint density at radius 3 is 2.83 bits per heavy atom. The molecule has 0 aromatic heterocycles. The third-order valence-corrected chi connectivity index (χ3v) is 2.54. The van der Waals surface area contributed by atoms with Gasteiger partial charge < -0.3 is 15.8 Å². The Morgan fingerprint density at radius 2 is 2.22 bits per heavy atom. The first-order chi connectivity index (χ1) is 8.17. The molecular weight excluding hydrogens is 252 g/mol. The minimum absolute atomic E-state index is 0. The second-order valence-electron chi connectivity index (χ2n) is 3.96. The van der Waals surface area contributed by atoms with Gasteiger partial charge in [0.1, 0.15) is 5.75 Å². The van der Waals surface area contributed by atoms with Gasteiger partial charge >= 0.3 is 0 Å². The van der Waals surface area contributed by atoms with Crippen molar-refractivity contribution in [3.8, 4) is 5.75 Å². The van der Waals surface area contributed by atoms with Gasteiger partial charge in [-0.2, -0.15) is 0 Å². The van der Waals surface area contributed by atoms with Crippen LogP contribution in [0.5, 0.6) is 5.75 Å². The van der Waals surface area contributed by atoms with Gasteiger partial charge in [0.25, 0.3) is 0 Å². The summed E-state index contributed by atoms with van der Waals surface area (Å²) in [5, 5.41) is 2.82. The number of ether oxygens (including phenoxy) is 1. The Balaban J connectivity index is 0.00000289. The van der Waals surface area contributed by atoms with Gasteiger partial charge in [-0.1, -0.05) is 25.5 Å². The smallest absolute Gasteiger partial charge is 0.237 e. The highest BCUT2D eigenvalue weighted by Gasteiger charge is 2.11. The summed E-state index contributed by atoms with van der Waals surface area (Å²) in [4.78, 5) is 11.6. The highest BCUT2D eigenvalue weighted by Crippen LogP contribution is 2.12. The van der Waals surface area contributed by atoms with E-state index in [0.29, 0.717) is 13.0 Å². The second-order valence-corrected chi connectivity index (χ2v) is 3.96. The SMILES string of the molecule is CCCC(N)C(=O)NCc1cccc(OC)c1.Cl. The normalized spacial score (nSPS) is 11.3. The number of halogens is 1. The molecule has 0 aliphatic carbocycles. The lowest BCUT2D eigenvalue weighted by atomic mass is 10.1. The van der Waals surface area contributed by atoms with Crippen LogP contribution in [-0.4, -0.2) is 19.1 Å². The van der Waals surface area contributed by atoms with Gasteiger partial charge in [-0.15, -0.1) is 12.4 Å². The standard InChI is InChI=1S/C13H20N2O2.ClH/c1-3-5-12(14)13(16)15-9-10-6-4-7-11(8-10)17-2;/h4,6-8,12H,3,5,9,14H2,1-2H3,(H,15,16);1H. The molecule has 1 unspecified atom stereocenters. The van der Waals surface area contributed by atoms with Crippen molar-refractivity contribution in [2.45, 2.75) is 32.4 Å². The molecule has 1 rings (SSSR count). The molecule has 5 heteroatoms. The molecule has 3 N–H and O–H groups in total. The summed E-state index contributed by atoms with van der Waals surface area (Å²) in [7, 11) is 1.62. The summed E-state index contributed by atoms with van der Waals surface area (Å²) in [6.45, 7) is 2.49. The molecule has 0 heterocycles. The molecule has 0 saturated carbocycles. The topological polar surface area (TPSA) is 64.4 Å². The number of amides is 1. The fourth-order valence-electron chi connectivity index (χ4n) is 1.54. The van der Waals surface area contributed by atoms with Gasteiger partial charge in [0.2, 0.25) is 5.91 Å². The largest absolute Gasteiger partial charge is 0.497 e. The van der Waals surface area contributed by atoms with E-state index in [-0.39, 0.29) is 18.3 Å². The van der Waals surface area contributed by atoms with Crippen LogP contribution in [0.2, 0.25) is 0 Å². The summed E-state index contributed by atoms with van der Waals surface area (Å²) in [5.74, 6) is 0.685.